The Balaban J connectivity index is 1.56. The molecule has 0 spiro atoms. The van der Waals surface area contributed by atoms with Gasteiger partial charge in [-0.05, 0) is 44.2 Å². The number of aryl methyl sites for hydroxylation is 2. The highest BCUT2D eigenvalue weighted by molar-refractivity contribution is 5.73. The second-order valence-electron chi connectivity index (χ2n) is 10.0. The molecule has 0 aromatic heterocycles. The maximum absolute atomic E-state index is 14.5. The lowest BCUT2D eigenvalue weighted by Crippen LogP contribution is -2.44. The quantitative estimate of drug-likeness (QED) is 0.568. The van der Waals surface area contributed by atoms with Crippen LogP contribution in [0.15, 0.2) is 42.5 Å². The Morgan fingerprint density at radius 3 is 2.38 bits per heavy atom. The largest absolute Gasteiger partial charge is 0.340 e. The molecule has 2 aliphatic rings. The van der Waals surface area contributed by atoms with Gasteiger partial charge < -0.3 is 4.90 Å². The third-order valence-electron chi connectivity index (χ3n) is 7.47. The number of nitrogens with zero attached hydrogens (tertiary/aromatic N) is 2. The molecule has 4 heteroatoms. The van der Waals surface area contributed by atoms with Crippen molar-refractivity contribution in [2.75, 3.05) is 19.6 Å². The molecular formula is C28H37FN2O. The lowest BCUT2D eigenvalue weighted by atomic mass is 9.87. The van der Waals surface area contributed by atoms with Crippen molar-refractivity contribution in [2.45, 2.75) is 71.4 Å². The summed E-state index contributed by atoms with van der Waals surface area (Å²) in [5.74, 6) is 0.784. The molecule has 2 atom stereocenters. The smallest absolute Gasteiger partial charge is 0.219 e. The summed E-state index contributed by atoms with van der Waals surface area (Å²) < 4.78 is 14.5. The van der Waals surface area contributed by atoms with Gasteiger partial charge in [-0.3, -0.25) is 9.69 Å². The van der Waals surface area contributed by atoms with Gasteiger partial charge in [0.2, 0.25) is 5.91 Å². The van der Waals surface area contributed by atoms with Crippen molar-refractivity contribution in [1.29, 1.82) is 0 Å². The van der Waals surface area contributed by atoms with Crippen molar-refractivity contribution >= 4 is 5.91 Å². The van der Waals surface area contributed by atoms with Gasteiger partial charge in [0.25, 0.3) is 0 Å². The van der Waals surface area contributed by atoms with Crippen LogP contribution in [0.1, 0.15) is 67.2 Å². The van der Waals surface area contributed by atoms with Crippen LogP contribution in [0.2, 0.25) is 0 Å². The van der Waals surface area contributed by atoms with Crippen molar-refractivity contribution in [1.82, 2.24) is 9.80 Å². The van der Waals surface area contributed by atoms with E-state index >= 15 is 0 Å². The first-order chi connectivity index (χ1) is 15.4. The topological polar surface area (TPSA) is 23.6 Å². The Hall–Kier alpha value is -2.20. The Labute approximate surface area is 192 Å². The predicted octanol–water partition coefficient (Wildman–Crippen LogP) is 5.84. The van der Waals surface area contributed by atoms with Crippen LogP contribution in [0, 0.1) is 25.6 Å². The second kappa shape index (κ2) is 10.2. The Morgan fingerprint density at radius 1 is 1.00 bits per heavy atom. The van der Waals surface area contributed by atoms with Crippen molar-refractivity contribution in [3.63, 3.8) is 0 Å². The van der Waals surface area contributed by atoms with Gasteiger partial charge in [-0.25, -0.2) is 4.39 Å². The monoisotopic (exact) mass is 436 g/mol. The van der Waals surface area contributed by atoms with Crippen molar-refractivity contribution in [3.05, 3.63) is 70.5 Å². The normalized spacial score (nSPS) is 22.2. The number of likely N-dealkylation sites (tertiary alicyclic amines) is 1. The summed E-state index contributed by atoms with van der Waals surface area (Å²) in [7, 11) is 0. The Morgan fingerprint density at radius 2 is 1.69 bits per heavy atom. The molecule has 1 aliphatic heterocycles. The number of halogens is 1. The predicted molar refractivity (Wildman–Crippen MR) is 128 cm³/mol. The second-order valence-corrected chi connectivity index (χ2v) is 10.0. The number of carbonyl (C=O) groups excluding carboxylic acids is 1. The van der Waals surface area contributed by atoms with E-state index in [4.69, 9.17) is 0 Å². The highest BCUT2D eigenvalue weighted by Crippen LogP contribution is 2.36. The number of rotatable bonds is 6. The number of amides is 1. The van der Waals surface area contributed by atoms with Crippen LogP contribution in [-0.2, 0) is 11.3 Å². The molecule has 1 amide bonds. The van der Waals surface area contributed by atoms with Gasteiger partial charge in [-0.2, -0.15) is 0 Å². The van der Waals surface area contributed by atoms with E-state index in [1.165, 1.54) is 30.4 Å². The lowest BCUT2D eigenvalue weighted by molar-refractivity contribution is -0.132. The fourth-order valence-corrected chi connectivity index (χ4v) is 5.71. The Kier molecular flexibility index (Phi) is 7.30. The number of carbonyl (C=O) groups is 1. The number of hydrogen-bond donors (Lipinski definition) is 0. The van der Waals surface area contributed by atoms with E-state index < -0.39 is 0 Å². The number of benzene rings is 2. The minimum atomic E-state index is -0.126. The summed E-state index contributed by atoms with van der Waals surface area (Å²) >= 11 is 0. The van der Waals surface area contributed by atoms with Crippen molar-refractivity contribution < 1.29 is 9.18 Å². The summed E-state index contributed by atoms with van der Waals surface area (Å²) in [6.45, 7) is 9.06. The molecule has 2 unspecified atom stereocenters. The van der Waals surface area contributed by atoms with Crippen LogP contribution in [0.5, 0.6) is 0 Å². The molecule has 0 radical (unpaired) electrons. The molecule has 1 aliphatic carbocycles. The van der Waals surface area contributed by atoms with Gasteiger partial charge in [0, 0.05) is 50.6 Å². The highest BCUT2D eigenvalue weighted by atomic mass is 19.1. The van der Waals surface area contributed by atoms with Gasteiger partial charge in [0.05, 0.1) is 0 Å². The van der Waals surface area contributed by atoms with Crippen molar-refractivity contribution in [2.24, 2.45) is 5.92 Å². The Bertz CT molecular complexity index is 920. The highest BCUT2D eigenvalue weighted by Gasteiger charge is 2.37. The van der Waals surface area contributed by atoms with Crippen molar-refractivity contribution in [3.8, 4) is 0 Å². The average Bonchev–Trinajstić information content (AvgIpc) is 3.18. The first kappa shape index (κ1) is 23.0. The molecule has 0 bridgehead atoms. The SMILES string of the molecule is CC(=O)N(CC1CN(Cc2cc(C)ccc2F)CC1c1ccc(C)cc1)C1CCCCC1. The fraction of sp³-hybridized carbons (Fsp3) is 0.536. The summed E-state index contributed by atoms with van der Waals surface area (Å²) in [5.41, 5.74) is 4.45. The van der Waals surface area contributed by atoms with Gasteiger partial charge in [0.15, 0.2) is 0 Å². The zero-order valence-electron chi connectivity index (χ0n) is 19.8. The van der Waals surface area contributed by atoms with Crippen LogP contribution in [0.3, 0.4) is 0 Å². The van der Waals surface area contributed by atoms with E-state index in [0.717, 1.165) is 43.6 Å². The van der Waals surface area contributed by atoms with E-state index in [2.05, 4.69) is 41.0 Å². The van der Waals surface area contributed by atoms with Crippen LogP contribution >= 0.6 is 0 Å². The standard InChI is InChI=1S/C28H37FN2O/c1-20-9-12-23(13-10-20)27-19-30(16-24-15-21(2)11-14-28(24)29)17-25(27)18-31(22(3)32)26-7-5-4-6-8-26/h9-15,25-27H,4-8,16-19H2,1-3H3. The molecule has 4 rings (SSSR count). The van der Waals surface area contributed by atoms with Gasteiger partial charge in [-0.15, -0.1) is 0 Å². The molecule has 2 aromatic carbocycles. The minimum Gasteiger partial charge on any atom is -0.340 e. The molecular weight excluding hydrogens is 399 g/mol. The summed E-state index contributed by atoms with van der Waals surface area (Å²) in [4.78, 5) is 17.2. The van der Waals surface area contributed by atoms with E-state index in [-0.39, 0.29) is 11.7 Å². The first-order valence-corrected chi connectivity index (χ1v) is 12.2. The lowest BCUT2D eigenvalue weighted by Gasteiger charge is -2.36. The van der Waals surface area contributed by atoms with E-state index in [0.29, 0.717) is 24.4 Å². The zero-order chi connectivity index (χ0) is 22.7. The van der Waals surface area contributed by atoms with Gasteiger partial charge >= 0.3 is 0 Å². The van der Waals surface area contributed by atoms with Crippen LogP contribution in [0.4, 0.5) is 4.39 Å². The summed E-state index contributed by atoms with van der Waals surface area (Å²) in [6.07, 6.45) is 5.98. The van der Waals surface area contributed by atoms with Crippen LogP contribution < -0.4 is 0 Å². The van der Waals surface area contributed by atoms with Gasteiger partial charge in [-0.1, -0.05) is 66.8 Å². The van der Waals surface area contributed by atoms with Gasteiger partial charge in [0.1, 0.15) is 5.82 Å². The fourth-order valence-electron chi connectivity index (χ4n) is 5.71. The molecule has 1 heterocycles. The molecule has 172 valence electrons. The summed E-state index contributed by atoms with van der Waals surface area (Å²) in [6, 6.07) is 14.6. The molecule has 1 saturated heterocycles. The molecule has 2 aromatic rings. The molecule has 32 heavy (non-hydrogen) atoms. The number of hydrogen-bond acceptors (Lipinski definition) is 2. The third kappa shape index (κ3) is 5.40. The maximum Gasteiger partial charge on any atom is 0.219 e. The zero-order valence-corrected chi connectivity index (χ0v) is 19.8. The molecule has 2 fully saturated rings. The molecule has 0 N–H and O–H groups in total. The van der Waals surface area contributed by atoms with Crippen LogP contribution in [-0.4, -0.2) is 41.4 Å². The van der Waals surface area contributed by atoms with E-state index in [1.807, 2.05) is 19.1 Å². The summed E-state index contributed by atoms with van der Waals surface area (Å²) in [5, 5.41) is 0. The van der Waals surface area contributed by atoms with E-state index in [1.54, 1.807) is 13.0 Å². The third-order valence-corrected chi connectivity index (χ3v) is 7.47. The maximum atomic E-state index is 14.5. The average molecular weight is 437 g/mol. The minimum absolute atomic E-state index is 0.126. The first-order valence-electron chi connectivity index (χ1n) is 12.2. The molecule has 3 nitrogen and oxygen atoms in total. The molecule has 1 saturated carbocycles. The van der Waals surface area contributed by atoms with Crippen LogP contribution in [0.25, 0.3) is 0 Å². The van der Waals surface area contributed by atoms with E-state index in [9.17, 15) is 9.18 Å².